The second-order valence-electron chi connectivity index (χ2n) is 5.13. The number of carbonyl (C=O) groups excluding carboxylic acids is 1. The summed E-state index contributed by atoms with van der Waals surface area (Å²) in [6.07, 6.45) is 0.593. The summed E-state index contributed by atoms with van der Waals surface area (Å²) in [5.41, 5.74) is 0.893. The molecule has 0 aromatic heterocycles. The fraction of sp³-hybridized carbons (Fsp3) is 0.562. The predicted molar refractivity (Wildman–Crippen MR) is 92.7 cm³/mol. The molecular weight excluding hydrogens is 336 g/mol. The van der Waals surface area contributed by atoms with Crippen molar-refractivity contribution in [3.05, 3.63) is 17.7 Å². The number of ether oxygens (including phenoxy) is 4. The monoisotopic (exact) mass is 360 g/mol. The second kappa shape index (κ2) is 10.2. The van der Waals surface area contributed by atoms with Gasteiger partial charge in [-0.1, -0.05) is 0 Å². The summed E-state index contributed by atoms with van der Waals surface area (Å²) in [6, 6.07) is 3.32. The van der Waals surface area contributed by atoms with Gasteiger partial charge in [-0.05, 0) is 6.42 Å². The van der Waals surface area contributed by atoms with Crippen LogP contribution in [-0.2, 0) is 16.0 Å². The highest BCUT2D eigenvalue weighted by molar-refractivity contribution is 5.85. The maximum absolute atomic E-state index is 12.1. The molecule has 1 aliphatic heterocycles. The molecule has 2 rings (SSSR count). The van der Waals surface area contributed by atoms with Crippen LogP contribution in [0.25, 0.3) is 0 Å². The second-order valence-corrected chi connectivity index (χ2v) is 5.13. The first kappa shape index (κ1) is 20.3. The summed E-state index contributed by atoms with van der Waals surface area (Å²) < 4.78 is 21.3. The van der Waals surface area contributed by atoms with E-state index in [1.807, 2.05) is 0 Å². The minimum atomic E-state index is -0.289. The van der Waals surface area contributed by atoms with Gasteiger partial charge in [0.1, 0.15) is 23.3 Å². The Kier molecular flexibility index (Phi) is 8.67. The maximum atomic E-state index is 12.1. The van der Waals surface area contributed by atoms with Gasteiger partial charge in [-0.25, -0.2) is 0 Å². The Hall–Kier alpha value is -1.70. The van der Waals surface area contributed by atoms with Crippen LogP contribution in [0.4, 0.5) is 0 Å². The zero-order valence-corrected chi connectivity index (χ0v) is 15.0. The zero-order chi connectivity index (χ0) is 16.7. The predicted octanol–water partition coefficient (Wildman–Crippen LogP) is 0.781. The molecule has 1 aromatic rings. The van der Waals surface area contributed by atoms with Crippen molar-refractivity contribution in [2.75, 3.05) is 47.6 Å². The third-order valence-electron chi connectivity index (χ3n) is 3.73. The van der Waals surface area contributed by atoms with Crippen molar-refractivity contribution < 1.29 is 23.7 Å². The van der Waals surface area contributed by atoms with Crippen molar-refractivity contribution in [2.45, 2.75) is 12.5 Å². The summed E-state index contributed by atoms with van der Waals surface area (Å²) >= 11 is 0. The highest BCUT2D eigenvalue weighted by Crippen LogP contribution is 2.34. The Labute approximate surface area is 148 Å². The van der Waals surface area contributed by atoms with Gasteiger partial charge in [0.05, 0.1) is 34.5 Å². The first-order chi connectivity index (χ1) is 11.2. The number of methoxy groups -OCH3 is 3. The quantitative estimate of drug-likeness (QED) is 0.748. The van der Waals surface area contributed by atoms with Crippen LogP contribution in [0.3, 0.4) is 0 Å². The van der Waals surface area contributed by atoms with Crippen LogP contribution in [0.1, 0.15) is 5.56 Å². The molecular formula is C16H25ClN2O5. The van der Waals surface area contributed by atoms with E-state index in [9.17, 15) is 4.79 Å². The van der Waals surface area contributed by atoms with Gasteiger partial charge in [-0.2, -0.15) is 0 Å². The van der Waals surface area contributed by atoms with Gasteiger partial charge in [0.2, 0.25) is 5.91 Å². The van der Waals surface area contributed by atoms with Gasteiger partial charge in [-0.3, -0.25) is 4.79 Å². The maximum Gasteiger partial charge on any atom is 0.239 e. The van der Waals surface area contributed by atoms with E-state index in [0.717, 1.165) is 5.56 Å². The lowest BCUT2D eigenvalue weighted by atomic mass is 10.1. The van der Waals surface area contributed by atoms with E-state index in [0.29, 0.717) is 50.0 Å². The number of carbonyl (C=O) groups is 1. The molecule has 0 aliphatic carbocycles. The first-order valence-corrected chi connectivity index (χ1v) is 7.57. The van der Waals surface area contributed by atoms with Crippen molar-refractivity contribution in [3.63, 3.8) is 0 Å². The minimum Gasteiger partial charge on any atom is -0.496 e. The zero-order valence-electron chi connectivity index (χ0n) is 14.2. The molecule has 1 unspecified atom stereocenters. The van der Waals surface area contributed by atoms with E-state index in [2.05, 4.69) is 10.6 Å². The fourth-order valence-electron chi connectivity index (χ4n) is 2.49. The van der Waals surface area contributed by atoms with Crippen molar-refractivity contribution in [3.8, 4) is 17.2 Å². The van der Waals surface area contributed by atoms with Crippen LogP contribution >= 0.6 is 12.4 Å². The molecule has 1 saturated heterocycles. The van der Waals surface area contributed by atoms with Crippen LogP contribution in [0, 0.1) is 0 Å². The van der Waals surface area contributed by atoms with Gasteiger partial charge in [0.25, 0.3) is 0 Å². The van der Waals surface area contributed by atoms with Gasteiger partial charge in [0, 0.05) is 30.8 Å². The molecule has 8 heteroatoms. The molecule has 1 fully saturated rings. The molecule has 136 valence electrons. The summed E-state index contributed by atoms with van der Waals surface area (Å²) in [4.78, 5) is 12.1. The fourth-order valence-corrected chi connectivity index (χ4v) is 2.49. The standard InChI is InChI=1S/C16H24N2O5.ClH/c1-20-11-8-14(21-2)12(15(9-11)22-3)4-5-18-16(19)13-10-23-7-6-17-13;/h8-9,13,17H,4-7,10H2,1-3H3,(H,18,19);1H. The van der Waals surface area contributed by atoms with Crippen LogP contribution in [0.15, 0.2) is 12.1 Å². The summed E-state index contributed by atoms with van der Waals surface area (Å²) in [5, 5.41) is 6.03. The number of hydrogen-bond donors (Lipinski definition) is 2. The van der Waals surface area contributed by atoms with E-state index in [1.165, 1.54) is 0 Å². The number of nitrogens with one attached hydrogen (secondary N) is 2. The molecule has 0 saturated carbocycles. The van der Waals surface area contributed by atoms with Gasteiger partial charge in [-0.15, -0.1) is 12.4 Å². The SMILES string of the molecule is COc1cc(OC)c(CCNC(=O)C2COCCN2)c(OC)c1.Cl. The number of amides is 1. The molecule has 0 radical (unpaired) electrons. The summed E-state index contributed by atoms with van der Waals surface area (Å²) in [7, 11) is 4.78. The van der Waals surface area contributed by atoms with Crippen molar-refractivity contribution >= 4 is 18.3 Å². The summed E-state index contributed by atoms with van der Waals surface area (Å²) in [5.74, 6) is 1.95. The molecule has 0 bridgehead atoms. The lowest BCUT2D eigenvalue weighted by molar-refractivity contribution is -0.125. The molecule has 1 aliphatic rings. The topological polar surface area (TPSA) is 78.1 Å². The Morgan fingerprint density at radius 3 is 2.42 bits per heavy atom. The van der Waals surface area contributed by atoms with Crippen LogP contribution in [0.2, 0.25) is 0 Å². The molecule has 1 aromatic carbocycles. The molecule has 24 heavy (non-hydrogen) atoms. The molecule has 2 N–H and O–H groups in total. The van der Waals surface area contributed by atoms with Crippen LogP contribution in [0.5, 0.6) is 17.2 Å². The third kappa shape index (κ3) is 5.15. The number of benzene rings is 1. The van der Waals surface area contributed by atoms with Crippen LogP contribution < -0.4 is 24.8 Å². The minimum absolute atomic E-state index is 0. The van der Waals surface area contributed by atoms with Gasteiger partial charge < -0.3 is 29.6 Å². The Bertz CT molecular complexity index is 510. The number of hydrogen-bond acceptors (Lipinski definition) is 6. The van der Waals surface area contributed by atoms with Crippen molar-refractivity contribution in [2.24, 2.45) is 0 Å². The van der Waals surface area contributed by atoms with Gasteiger partial charge >= 0.3 is 0 Å². The molecule has 1 heterocycles. The van der Waals surface area contributed by atoms with E-state index in [-0.39, 0.29) is 24.4 Å². The number of halogens is 1. The van der Waals surface area contributed by atoms with Crippen LogP contribution in [-0.4, -0.2) is 59.6 Å². The lowest BCUT2D eigenvalue weighted by Gasteiger charge is -2.23. The Morgan fingerprint density at radius 1 is 1.25 bits per heavy atom. The normalized spacial score (nSPS) is 16.7. The van der Waals surface area contributed by atoms with E-state index in [1.54, 1.807) is 33.5 Å². The first-order valence-electron chi connectivity index (χ1n) is 7.57. The molecule has 1 amide bonds. The van der Waals surface area contributed by atoms with E-state index < -0.39 is 0 Å². The number of rotatable bonds is 7. The molecule has 1 atom stereocenters. The molecule has 0 spiro atoms. The average molecular weight is 361 g/mol. The van der Waals surface area contributed by atoms with E-state index in [4.69, 9.17) is 18.9 Å². The smallest absolute Gasteiger partial charge is 0.239 e. The largest absolute Gasteiger partial charge is 0.496 e. The Morgan fingerprint density at radius 2 is 1.92 bits per heavy atom. The number of morpholine rings is 1. The van der Waals surface area contributed by atoms with E-state index >= 15 is 0 Å². The van der Waals surface area contributed by atoms with Crippen molar-refractivity contribution in [1.29, 1.82) is 0 Å². The van der Waals surface area contributed by atoms with Crippen molar-refractivity contribution in [1.82, 2.24) is 10.6 Å². The third-order valence-corrected chi connectivity index (χ3v) is 3.73. The molecule has 7 nitrogen and oxygen atoms in total. The lowest BCUT2D eigenvalue weighted by Crippen LogP contribution is -2.51. The highest BCUT2D eigenvalue weighted by atomic mass is 35.5. The summed E-state index contributed by atoms with van der Waals surface area (Å²) in [6.45, 7) is 2.22. The average Bonchev–Trinajstić information content (AvgIpc) is 2.62. The Balaban J connectivity index is 0.00000288. The highest BCUT2D eigenvalue weighted by Gasteiger charge is 2.21. The van der Waals surface area contributed by atoms with Gasteiger partial charge in [0.15, 0.2) is 0 Å².